The molecule has 0 N–H and O–H groups in total. The van der Waals surface area contributed by atoms with Crippen molar-refractivity contribution in [1.82, 2.24) is 9.55 Å². The van der Waals surface area contributed by atoms with Gasteiger partial charge in [0.1, 0.15) is 5.82 Å². The quantitative estimate of drug-likeness (QED) is 0.462. The van der Waals surface area contributed by atoms with Gasteiger partial charge in [-0.1, -0.05) is 48.5 Å². The van der Waals surface area contributed by atoms with Crippen molar-refractivity contribution in [2.24, 2.45) is 0 Å². The van der Waals surface area contributed by atoms with E-state index < -0.39 is 0 Å². The van der Waals surface area contributed by atoms with Gasteiger partial charge < -0.3 is 4.57 Å². The maximum absolute atomic E-state index is 12.4. The molecule has 0 spiro atoms. The van der Waals surface area contributed by atoms with Gasteiger partial charge >= 0.3 is 0 Å². The first-order chi connectivity index (χ1) is 12.3. The van der Waals surface area contributed by atoms with Crippen LogP contribution in [0.5, 0.6) is 0 Å². The van der Waals surface area contributed by atoms with Crippen LogP contribution in [-0.4, -0.2) is 15.3 Å². The number of hydrogen-bond donors (Lipinski definition) is 0. The second-order valence-electron chi connectivity index (χ2n) is 5.98. The lowest BCUT2D eigenvalue weighted by atomic mass is 10.1. The van der Waals surface area contributed by atoms with E-state index in [-0.39, 0.29) is 5.78 Å². The Morgan fingerprint density at radius 3 is 2.56 bits per heavy atom. The van der Waals surface area contributed by atoms with Gasteiger partial charge in [-0.2, -0.15) is 0 Å². The Bertz CT molecular complexity index is 987. The number of para-hydroxylation sites is 2. The summed E-state index contributed by atoms with van der Waals surface area (Å²) in [5, 5.41) is 1.95. The molecule has 0 unspecified atom stereocenters. The molecule has 0 amide bonds. The number of imidazole rings is 1. The Kier molecular flexibility index (Phi) is 4.44. The van der Waals surface area contributed by atoms with Crippen molar-refractivity contribution < 1.29 is 4.79 Å². The van der Waals surface area contributed by atoms with Gasteiger partial charge in [-0.25, -0.2) is 4.98 Å². The highest BCUT2D eigenvalue weighted by atomic mass is 32.1. The lowest BCUT2D eigenvalue weighted by Gasteiger charge is -2.09. The van der Waals surface area contributed by atoms with E-state index in [1.165, 1.54) is 16.9 Å². The Morgan fingerprint density at radius 1 is 0.960 bits per heavy atom. The first-order valence-corrected chi connectivity index (χ1v) is 9.24. The molecule has 0 aliphatic rings. The molecule has 2 heterocycles. The minimum absolute atomic E-state index is 0.193. The summed E-state index contributed by atoms with van der Waals surface area (Å²) in [6.07, 6.45) is 1.26. The van der Waals surface area contributed by atoms with Crippen LogP contribution in [0.15, 0.2) is 72.1 Å². The largest absolute Gasteiger partial charge is 0.327 e. The first-order valence-electron chi connectivity index (χ1n) is 8.36. The number of hydrogen-bond acceptors (Lipinski definition) is 3. The summed E-state index contributed by atoms with van der Waals surface area (Å²) in [7, 11) is 0. The zero-order valence-electron chi connectivity index (χ0n) is 13.8. The van der Waals surface area contributed by atoms with E-state index in [1.54, 1.807) is 0 Å². The van der Waals surface area contributed by atoms with Crippen molar-refractivity contribution in [1.29, 1.82) is 0 Å². The van der Waals surface area contributed by atoms with E-state index in [0.29, 0.717) is 13.0 Å². The SMILES string of the molecule is O=C(CCn1c(Cc2ccccc2)nc2ccccc21)c1cccs1. The van der Waals surface area contributed by atoms with Crippen molar-refractivity contribution in [3.63, 3.8) is 0 Å². The molecule has 4 heteroatoms. The van der Waals surface area contributed by atoms with Gasteiger partial charge in [0.05, 0.1) is 15.9 Å². The first kappa shape index (κ1) is 15.8. The maximum atomic E-state index is 12.4. The lowest BCUT2D eigenvalue weighted by Crippen LogP contribution is -2.09. The Balaban J connectivity index is 1.63. The predicted octanol–water partition coefficient (Wildman–Crippen LogP) is 4.96. The van der Waals surface area contributed by atoms with Crippen molar-refractivity contribution in [3.05, 3.63) is 88.4 Å². The van der Waals surface area contributed by atoms with Crippen LogP contribution >= 0.6 is 11.3 Å². The average molecular weight is 346 g/mol. The van der Waals surface area contributed by atoms with Gasteiger partial charge in [0.2, 0.25) is 0 Å². The number of nitrogens with zero attached hydrogens (tertiary/aromatic N) is 2. The third-order valence-corrected chi connectivity index (χ3v) is 5.21. The van der Waals surface area contributed by atoms with Gasteiger partial charge in [-0.05, 0) is 29.1 Å². The van der Waals surface area contributed by atoms with Crippen LogP contribution in [0.4, 0.5) is 0 Å². The molecule has 0 atom stereocenters. The highest BCUT2D eigenvalue weighted by Crippen LogP contribution is 2.20. The standard InChI is InChI=1S/C21H18N2OS/c24-19(20-11-6-14-25-20)12-13-23-18-10-5-4-9-17(18)22-21(23)15-16-7-2-1-3-8-16/h1-11,14H,12-13,15H2. The van der Waals surface area contributed by atoms with Gasteiger partial charge in [0.15, 0.2) is 5.78 Å². The van der Waals surface area contributed by atoms with E-state index in [2.05, 4.69) is 22.8 Å². The third-order valence-electron chi connectivity index (χ3n) is 4.30. The number of benzene rings is 2. The number of rotatable bonds is 6. The second-order valence-corrected chi connectivity index (χ2v) is 6.93. The molecule has 3 nitrogen and oxygen atoms in total. The minimum atomic E-state index is 0.193. The molecule has 0 saturated heterocycles. The number of aromatic nitrogens is 2. The van der Waals surface area contributed by atoms with Crippen molar-refractivity contribution >= 4 is 28.2 Å². The summed E-state index contributed by atoms with van der Waals surface area (Å²) in [5.41, 5.74) is 3.30. The number of thiophene rings is 1. The van der Waals surface area contributed by atoms with Crippen LogP contribution in [0.2, 0.25) is 0 Å². The molecule has 0 fully saturated rings. The summed E-state index contributed by atoms with van der Waals surface area (Å²) in [5.74, 6) is 1.20. The highest BCUT2D eigenvalue weighted by molar-refractivity contribution is 7.12. The Hall–Kier alpha value is -2.72. The number of fused-ring (bicyclic) bond motifs is 1. The minimum Gasteiger partial charge on any atom is -0.327 e. The second kappa shape index (κ2) is 7.03. The molecule has 0 saturated carbocycles. The summed E-state index contributed by atoms with van der Waals surface area (Å²) in [6, 6.07) is 22.3. The van der Waals surface area contributed by atoms with Crippen LogP contribution in [0, 0.1) is 0 Å². The summed E-state index contributed by atoms with van der Waals surface area (Å²) in [4.78, 5) is 18.0. The number of ketones is 1. The van der Waals surface area contributed by atoms with E-state index in [0.717, 1.165) is 28.2 Å². The van der Waals surface area contributed by atoms with Crippen molar-refractivity contribution in [3.8, 4) is 0 Å². The topological polar surface area (TPSA) is 34.9 Å². The molecular weight excluding hydrogens is 328 g/mol. The number of carbonyl (C=O) groups is 1. The molecule has 2 aromatic heterocycles. The number of carbonyl (C=O) groups excluding carboxylic acids is 1. The molecule has 25 heavy (non-hydrogen) atoms. The van der Waals surface area contributed by atoms with Crippen molar-refractivity contribution in [2.75, 3.05) is 0 Å². The lowest BCUT2D eigenvalue weighted by molar-refractivity contribution is 0.0981. The highest BCUT2D eigenvalue weighted by Gasteiger charge is 2.13. The normalized spacial score (nSPS) is 11.0. The van der Waals surface area contributed by atoms with Crippen molar-refractivity contribution in [2.45, 2.75) is 19.4 Å². The zero-order valence-corrected chi connectivity index (χ0v) is 14.6. The Morgan fingerprint density at radius 2 is 1.76 bits per heavy atom. The third kappa shape index (κ3) is 3.39. The molecule has 0 radical (unpaired) electrons. The van der Waals surface area contributed by atoms with E-state index in [9.17, 15) is 4.79 Å². The average Bonchev–Trinajstić information content (AvgIpc) is 3.29. The monoisotopic (exact) mass is 346 g/mol. The number of Topliss-reactive ketones (excluding diaryl/α,β-unsaturated/α-hetero) is 1. The molecule has 4 rings (SSSR count). The predicted molar refractivity (Wildman–Crippen MR) is 102 cm³/mol. The fraction of sp³-hybridized carbons (Fsp3) is 0.143. The van der Waals surface area contributed by atoms with Gasteiger partial charge in [-0.3, -0.25) is 4.79 Å². The van der Waals surface area contributed by atoms with E-state index in [4.69, 9.17) is 4.98 Å². The summed E-state index contributed by atoms with van der Waals surface area (Å²) in [6.45, 7) is 0.652. The van der Waals surface area contributed by atoms with Gasteiger partial charge in [0, 0.05) is 19.4 Å². The smallest absolute Gasteiger partial charge is 0.174 e. The Labute approximate surface area is 150 Å². The van der Waals surface area contributed by atoms with Gasteiger partial charge in [-0.15, -0.1) is 11.3 Å². The molecule has 124 valence electrons. The molecule has 2 aromatic carbocycles. The van der Waals surface area contributed by atoms with Gasteiger partial charge in [0.25, 0.3) is 0 Å². The molecule has 0 aliphatic heterocycles. The van der Waals surface area contributed by atoms with Crippen LogP contribution in [-0.2, 0) is 13.0 Å². The van der Waals surface area contributed by atoms with Crippen LogP contribution in [0.25, 0.3) is 11.0 Å². The van der Waals surface area contributed by atoms with E-state index in [1.807, 2.05) is 53.9 Å². The fourth-order valence-corrected chi connectivity index (χ4v) is 3.76. The van der Waals surface area contributed by atoms with Crippen LogP contribution < -0.4 is 0 Å². The molecule has 0 aliphatic carbocycles. The summed E-state index contributed by atoms with van der Waals surface area (Å²) < 4.78 is 2.19. The zero-order chi connectivity index (χ0) is 17.1. The van der Waals surface area contributed by atoms with Crippen LogP contribution in [0.3, 0.4) is 0 Å². The molecule has 0 bridgehead atoms. The maximum Gasteiger partial charge on any atom is 0.174 e. The number of aryl methyl sites for hydroxylation is 1. The fourth-order valence-electron chi connectivity index (χ4n) is 3.06. The molecular formula is C21H18N2OS. The van der Waals surface area contributed by atoms with Crippen LogP contribution in [0.1, 0.15) is 27.5 Å². The summed E-state index contributed by atoms with van der Waals surface area (Å²) >= 11 is 1.50. The molecule has 4 aromatic rings. The van der Waals surface area contributed by atoms with E-state index >= 15 is 0 Å².